The molecule has 1 saturated heterocycles. The van der Waals surface area contributed by atoms with Crippen LogP contribution in [0, 0.1) is 0 Å². The Morgan fingerprint density at radius 3 is 2.12 bits per heavy atom. The van der Waals surface area contributed by atoms with Crippen LogP contribution in [0.3, 0.4) is 0 Å². The van der Waals surface area contributed by atoms with Gasteiger partial charge in [-0.25, -0.2) is 12.7 Å². The van der Waals surface area contributed by atoms with Crippen molar-refractivity contribution in [2.45, 2.75) is 24.6 Å². The molecule has 0 saturated carbocycles. The number of rotatable bonds is 5. The summed E-state index contributed by atoms with van der Waals surface area (Å²) in [6.07, 6.45) is 1.26. The lowest BCUT2D eigenvalue weighted by Crippen LogP contribution is -2.46. The summed E-state index contributed by atoms with van der Waals surface area (Å²) in [5.74, 6) is -0.0827. The predicted octanol–water partition coefficient (Wildman–Crippen LogP) is 2.41. The number of carbonyl (C=O) groups excluding carboxylic acids is 1. The van der Waals surface area contributed by atoms with E-state index in [1.54, 1.807) is 12.1 Å². The van der Waals surface area contributed by atoms with Gasteiger partial charge in [0.15, 0.2) is 0 Å². The Morgan fingerprint density at radius 1 is 0.960 bits per heavy atom. The molecule has 6 heteroatoms. The number of benzene rings is 2. The highest BCUT2D eigenvalue weighted by atomic mass is 32.2. The van der Waals surface area contributed by atoms with Gasteiger partial charge in [0.2, 0.25) is 10.0 Å². The minimum Gasteiger partial charge on any atom is -0.349 e. The van der Waals surface area contributed by atoms with Gasteiger partial charge < -0.3 is 5.32 Å². The maximum Gasteiger partial charge on any atom is 0.251 e. The van der Waals surface area contributed by atoms with Gasteiger partial charge in [-0.1, -0.05) is 48.5 Å². The number of hydrogen-bond donors (Lipinski definition) is 1. The Kier molecular flexibility index (Phi) is 5.50. The monoisotopic (exact) mass is 358 g/mol. The minimum absolute atomic E-state index is 0.0101. The van der Waals surface area contributed by atoms with Crippen LogP contribution in [-0.4, -0.2) is 37.8 Å². The highest BCUT2D eigenvalue weighted by molar-refractivity contribution is 7.88. The molecule has 1 fully saturated rings. The molecule has 0 unspecified atom stereocenters. The molecule has 1 aliphatic heterocycles. The SMILES string of the molecule is O=C(NC1CCN(S(=O)(=O)Cc2ccccc2)CC1)c1ccccc1. The maximum absolute atomic E-state index is 12.5. The smallest absolute Gasteiger partial charge is 0.251 e. The van der Waals surface area contributed by atoms with E-state index in [-0.39, 0.29) is 17.7 Å². The van der Waals surface area contributed by atoms with Crippen LogP contribution in [0.15, 0.2) is 60.7 Å². The van der Waals surface area contributed by atoms with Crippen LogP contribution in [0.25, 0.3) is 0 Å². The maximum atomic E-state index is 12.5. The number of carbonyl (C=O) groups is 1. The Balaban J connectivity index is 1.54. The predicted molar refractivity (Wildman–Crippen MR) is 97.6 cm³/mol. The molecule has 0 spiro atoms. The lowest BCUT2D eigenvalue weighted by Gasteiger charge is -2.31. The molecule has 1 aliphatic rings. The molecule has 1 heterocycles. The van der Waals surface area contributed by atoms with Gasteiger partial charge in [0, 0.05) is 24.7 Å². The van der Waals surface area contributed by atoms with Crippen LogP contribution >= 0.6 is 0 Å². The van der Waals surface area contributed by atoms with E-state index in [0.29, 0.717) is 31.5 Å². The van der Waals surface area contributed by atoms with Crippen molar-refractivity contribution in [3.8, 4) is 0 Å². The summed E-state index contributed by atoms with van der Waals surface area (Å²) in [4.78, 5) is 12.2. The van der Waals surface area contributed by atoms with E-state index in [9.17, 15) is 13.2 Å². The van der Waals surface area contributed by atoms with Crippen LogP contribution in [-0.2, 0) is 15.8 Å². The molecule has 3 rings (SSSR count). The number of nitrogens with one attached hydrogen (secondary N) is 1. The van der Waals surface area contributed by atoms with Crippen molar-refractivity contribution in [1.82, 2.24) is 9.62 Å². The molecule has 0 bridgehead atoms. The average Bonchev–Trinajstić information content (AvgIpc) is 2.63. The lowest BCUT2D eigenvalue weighted by molar-refractivity contribution is 0.0924. The zero-order valence-electron chi connectivity index (χ0n) is 14.0. The van der Waals surface area contributed by atoms with Crippen LogP contribution in [0.5, 0.6) is 0 Å². The van der Waals surface area contributed by atoms with E-state index in [1.165, 1.54) is 4.31 Å². The second-order valence-corrected chi connectivity index (χ2v) is 8.22. The third-order valence-corrected chi connectivity index (χ3v) is 6.26. The van der Waals surface area contributed by atoms with E-state index in [4.69, 9.17) is 0 Å². The molecule has 5 nitrogen and oxygen atoms in total. The molecular weight excluding hydrogens is 336 g/mol. The highest BCUT2D eigenvalue weighted by Gasteiger charge is 2.28. The number of amides is 1. The normalized spacial score (nSPS) is 16.5. The van der Waals surface area contributed by atoms with Gasteiger partial charge >= 0.3 is 0 Å². The zero-order chi connectivity index (χ0) is 17.7. The third kappa shape index (κ3) is 4.67. The molecule has 1 N–H and O–H groups in total. The molecule has 0 atom stereocenters. The number of nitrogens with zero attached hydrogens (tertiary/aromatic N) is 1. The number of hydrogen-bond acceptors (Lipinski definition) is 3. The quantitative estimate of drug-likeness (QED) is 0.893. The Morgan fingerprint density at radius 2 is 1.52 bits per heavy atom. The van der Waals surface area contributed by atoms with Crippen molar-refractivity contribution in [2.75, 3.05) is 13.1 Å². The van der Waals surface area contributed by atoms with E-state index >= 15 is 0 Å². The van der Waals surface area contributed by atoms with E-state index in [0.717, 1.165) is 5.56 Å². The first-order chi connectivity index (χ1) is 12.0. The topological polar surface area (TPSA) is 66.5 Å². The summed E-state index contributed by atoms with van der Waals surface area (Å²) in [7, 11) is -3.32. The molecule has 2 aromatic rings. The Labute approximate surface area is 148 Å². The zero-order valence-corrected chi connectivity index (χ0v) is 14.8. The average molecular weight is 358 g/mol. The standard InChI is InChI=1S/C19H22N2O3S/c22-19(17-9-5-2-6-10-17)20-18-11-13-21(14-12-18)25(23,24)15-16-7-3-1-4-8-16/h1-10,18H,11-15H2,(H,20,22). The van der Waals surface area contributed by atoms with Crippen LogP contribution in [0.2, 0.25) is 0 Å². The third-order valence-electron chi connectivity index (χ3n) is 4.41. The van der Waals surface area contributed by atoms with Crippen molar-refractivity contribution >= 4 is 15.9 Å². The van der Waals surface area contributed by atoms with Gasteiger partial charge in [0.1, 0.15) is 0 Å². The van der Waals surface area contributed by atoms with Crippen molar-refractivity contribution in [3.63, 3.8) is 0 Å². The van der Waals surface area contributed by atoms with Gasteiger partial charge in [-0.05, 0) is 30.5 Å². The van der Waals surface area contributed by atoms with Gasteiger partial charge in [-0.2, -0.15) is 0 Å². The van der Waals surface area contributed by atoms with Gasteiger partial charge in [0.25, 0.3) is 5.91 Å². The van der Waals surface area contributed by atoms with Gasteiger partial charge in [-0.3, -0.25) is 4.79 Å². The summed E-state index contributed by atoms with van der Waals surface area (Å²) in [6.45, 7) is 0.879. The van der Waals surface area contributed by atoms with Crippen LogP contribution in [0.4, 0.5) is 0 Å². The second kappa shape index (κ2) is 7.80. The summed E-state index contributed by atoms with van der Waals surface area (Å²) in [5, 5.41) is 3.00. The van der Waals surface area contributed by atoms with Crippen molar-refractivity contribution in [3.05, 3.63) is 71.8 Å². The van der Waals surface area contributed by atoms with E-state index < -0.39 is 10.0 Å². The fourth-order valence-corrected chi connectivity index (χ4v) is 4.58. The van der Waals surface area contributed by atoms with E-state index in [2.05, 4.69) is 5.32 Å². The molecule has 1 amide bonds. The minimum atomic E-state index is -3.32. The van der Waals surface area contributed by atoms with Crippen molar-refractivity contribution < 1.29 is 13.2 Å². The van der Waals surface area contributed by atoms with Crippen molar-refractivity contribution in [1.29, 1.82) is 0 Å². The molecule has 25 heavy (non-hydrogen) atoms. The summed E-state index contributed by atoms with van der Waals surface area (Å²) in [5.41, 5.74) is 1.42. The molecule has 132 valence electrons. The Bertz CT molecular complexity index is 799. The summed E-state index contributed by atoms with van der Waals surface area (Å²) >= 11 is 0. The van der Waals surface area contributed by atoms with Gasteiger partial charge in [0.05, 0.1) is 5.75 Å². The first kappa shape index (κ1) is 17.6. The fraction of sp³-hybridized carbons (Fsp3) is 0.316. The number of piperidine rings is 1. The fourth-order valence-electron chi connectivity index (χ4n) is 3.01. The summed E-state index contributed by atoms with van der Waals surface area (Å²) in [6, 6.07) is 18.3. The van der Waals surface area contributed by atoms with Crippen LogP contribution in [0.1, 0.15) is 28.8 Å². The summed E-state index contributed by atoms with van der Waals surface area (Å²) < 4.78 is 26.6. The van der Waals surface area contributed by atoms with Crippen molar-refractivity contribution in [2.24, 2.45) is 0 Å². The van der Waals surface area contributed by atoms with E-state index in [1.807, 2.05) is 48.5 Å². The first-order valence-corrected chi connectivity index (χ1v) is 10.0. The first-order valence-electron chi connectivity index (χ1n) is 8.42. The Hall–Kier alpha value is -2.18. The highest BCUT2D eigenvalue weighted by Crippen LogP contribution is 2.18. The lowest BCUT2D eigenvalue weighted by atomic mass is 10.1. The molecule has 0 aromatic heterocycles. The van der Waals surface area contributed by atoms with Crippen LogP contribution < -0.4 is 5.32 Å². The molecule has 0 radical (unpaired) electrons. The van der Waals surface area contributed by atoms with Gasteiger partial charge in [-0.15, -0.1) is 0 Å². The molecule has 0 aliphatic carbocycles. The second-order valence-electron chi connectivity index (χ2n) is 6.25. The largest absolute Gasteiger partial charge is 0.349 e. The number of sulfonamides is 1. The molecular formula is C19H22N2O3S. The molecule has 2 aromatic carbocycles.